The SMILES string of the molecule is CC(O)CCNC(=O)c1cc(-c2ccc3c(c2)CCO3)no1. The van der Waals surface area contributed by atoms with Crippen molar-refractivity contribution in [2.24, 2.45) is 0 Å². The molecule has 1 atom stereocenters. The second-order valence-corrected chi connectivity index (χ2v) is 5.39. The standard InChI is InChI=1S/C16H18N2O4/c1-10(19)4-6-17-16(20)15-9-13(18-22-15)11-2-3-14-12(8-11)5-7-21-14/h2-3,8-10,19H,4-7H2,1H3,(H,17,20). The Morgan fingerprint density at radius 3 is 3.14 bits per heavy atom. The summed E-state index contributed by atoms with van der Waals surface area (Å²) in [5, 5.41) is 15.8. The van der Waals surface area contributed by atoms with Gasteiger partial charge in [-0.3, -0.25) is 4.79 Å². The van der Waals surface area contributed by atoms with E-state index in [4.69, 9.17) is 14.4 Å². The lowest BCUT2D eigenvalue weighted by molar-refractivity contribution is 0.0909. The molecule has 0 radical (unpaired) electrons. The summed E-state index contributed by atoms with van der Waals surface area (Å²) in [4.78, 5) is 11.9. The number of aliphatic hydroxyl groups is 1. The molecule has 116 valence electrons. The van der Waals surface area contributed by atoms with Crippen molar-refractivity contribution < 1.29 is 19.2 Å². The summed E-state index contributed by atoms with van der Waals surface area (Å²) in [5.74, 6) is 0.740. The molecule has 6 nitrogen and oxygen atoms in total. The number of amides is 1. The van der Waals surface area contributed by atoms with Crippen molar-refractivity contribution in [3.05, 3.63) is 35.6 Å². The minimum absolute atomic E-state index is 0.164. The molecular formula is C16H18N2O4. The molecule has 0 fully saturated rings. The van der Waals surface area contributed by atoms with Gasteiger partial charge in [0.1, 0.15) is 11.4 Å². The van der Waals surface area contributed by atoms with Gasteiger partial charge in [-0.2, -0.15) is 0 Å². The minimum Gasteiger partial charge on any atom is -0.493 e. The largest absolute Gasteiger partial charge is 0.493 e. The number of nitrogens with one attached hydrogen (secondary N) is 1. The molecule has 0 saturated heterocycles. The van der Waals surface area contributed by atoms with Gasteiger partial charge < -0.3 is 19.7 Å². The van der Waals surface area contributed by atoms with Gasteiger partial charge in [-0.1, -0.05) is 5.16 Å². The van der Waals surface area contributed by atoms with E-state index in [0.29, 0.717) is 25.3 Å². The summed E-state index contributed by atoms with van der Waals surface area (Å²) < 4.78 is 10.6. The highest BCUT2D eigenvalue weighted by Crippen LogP contribution is 2.30. The van der Waals surface area contributed by atoms with Gasteiger partial charge in [0.15, 0.2) is 0 Å². The van der Waals surface area contributed by atoms with Crippen molar-refractivity contribution in [1.82, 2.24) is 10.5 Å². The number of fused-ring (bicyclic) bond motifs is 1. The van der Waals surface area contributed by atoms with Crippen LogP contribution in [0.5, 0.6) is 5.75 Å². The molecule has 3 rings (SSSR count). The number of hydrogen-bond acceptors (Lipinski definition) is 5. The van der Waals surface area contributed by atoms with Crippen LogP contribution in [-0.4, -0.2) is 35.4 Å². The zero-order valence-electron chi connectivity index (χ0n) is 12.3. The fraction of sp³-hybridized carbons (Fsp3) is 0.375. The van der Waals surface area contributed by atoms with Crippen LogP contribution in [0.25, 0.3) is 11.3 Å². The van der Waals surface area contributed by atoms with E-state index >= 15 is 0 Å². The summed E-state index contributed by atoms with van der Waals surface area (Å²) in [5.41, 5.74) is 2.66. The smallest absolute Gasteiger partial charge is 0.289 e. The average Bonchev–Trinajstić information content (AvgIpc) is 3.15. The molecular weight excluding hydrogens is 284 g/mol. The van der Waals surface area contributed by atoms with E-state index in [1.165, 1.54) is 0 Å². The lowest BCUT2D eigenvalue weighted by atomic mass is 10.1. The second-order valence-electron chi connectivity index (χ2n) is 5.39. The molecule has 1 aromatic heterocycles. The van der Waals surface area contributed by atoms with E-state index in [-0.39, 0.29) is 11.7 Å². The molecule has 1 unspecified atom stereocenters. The van der Waals surface area contributed by atoms with Gasteiger partial charge >= 0.3 is 0 Å². The number of rotatable bonds is 5. The van der Waals surface area contributed by atoms with Crippen LogP contribution in [0.4, 0.5) is 0 Å². The van der Waals surface area contributed by atoms with Gasteiger partial charge in [0.2, 0.25) is 5.76 Å². The van der Waals surface area contributed by atoms with Crippen molar-refractivity contribution in [3.8, 4) is 17.0 Å². The van der Waals surface area contributed by atoms with E-state index in [2.05, 4.69) is 10.5 Å². The van der Waals surface area contributed by atoms with E-state index in [1.807, 2.05) is 18.2 Å². The first-order valence-electron chi connectivity index (χ1n) is 7.32. The number of carbonyl (C=O) groups excluding carboxylic acids is 1. The summed E-state index contributed by atoms with van der Waals surface area (Å²) in [6, 6.07) is 7.44. The van der Waals surface area contributed by atoms with Crippen LogP contribution in [0.3, 0.4) is 0 Å². The molecule has 0 spiro atoms. The van der Waals surface area contributed by atoms with Crippen LogP contribution < -0.4 is 10.1 Å². The first-order valence-corrected chi connectivity index (χ1v) is 7.32. The van der Waals surface area contributed by atoms with E-state index < -0.39 is 6.10 Å². The Hall–Kier alpha value is -2.34. The predicted octanol–water partition coefficient (Wildman–Crippen LogP) is 1.78. The third kappa shape index (κ3) is 3.12. The minimum atomic E-state index is -0.445. The monoisotopic (exact) mass is 302 g/mol. The van der Waals surface area contributed by atoms with Crippen molar-refractivity contribution in [2.75, 3.05) is 13.2 Å². The van der Waals surface area contributed by atoms with Gasteiger partial charge in [-0.25, -0.2) is 0 Å². The maximum atomic E-state index is 11.9. The molecule has 1 aromatic carbocycles. The molecule has 1 amide bonds. The third-order valence-corrected chi connectivity index (χ3v) is 3.57. The fourth-order valence-corrected chi connectivity index (χ4v) is 2.35. The summed E-state index contributed by atoms with van der Waals surface area (Å²) >= 11 is 0. The highest BCUT2D eigenvalue weighted by molar-refractivity contribution is 5.92. The van der Waals surface area contributed by atoms with Gasteiger partial charge in [0.25, 0.3) is 5.91 Å². The zero-order valence-corrected chi connectivity index (χ0v) is 12.3. The van der Waals surface area contributed by atoms with Crippen molar-refractivity contribution in [2.45, 2.75) is 25.9 Å². The Morgan fingerprint density at radius 2 is 2.32 bits per heavy atom. The lowest BCUT2D eigenvalue weighted by Crippen LogP contribution is -2.26. The van der Waals surface area contributed by atoms with E-state index in [1.54, 1.807) is 13.0 Å². The van der Waals surface area contributed by atoms with Crippen LogP contribution in [0.15, 0.2) is 28.8 Å². The summed E-state index contributed by atoms with van der Waals surface area (Å²) in [6.45, 7) is 2.77. The molecule has 22 heavy (non-hydrogen) atoms. The number of benzene rings is 1. The van der Waals surface area contributed by atoms with Crippen LogP contribution in [0, 0.1) is 0 Å². The Labute approximate surface area is 128 Å². The summed E-state index contributed by atoms with van der Waals surface area (Å²) in [6.07, 6.45) is 0.935. The van der Waals surface area contributed by atoms with Crippen molar-refractivity contribution in [3.63, 3.8) is 0 Å². The molecule has 2 N–H and O–H groups in total. The van der Waals surface area contributed by atoms with Gasteiger partial charge in [-0.15, -0.1) is 0 Å². The summed E-state index contributed by atoms with van der Waals surface area (Å²) in [7, 11) is 0. The second kappa shape index (κ2) is 6.19. The fourth-order valence-electron chi connectivity index (χ4n) is 2.35. The maximum Gasteiger partial charge on any atom is 0.289 e. The highest BCUT2D eigenvalue weighted by atomic mass is 16.5. The third-order valence-electron chi connectivity index (χ3n) is 3.57. The topological polar surface area (TPSA) is 84.6 Å². The van der Waals surface area contributed by atoms with Crippen LogP contribution in [0.1, 0.15) is 29.5 Å². The van der Waals surface area contributed by atoms with Gasteiger partial charge in [0, 0.05) is 24.6 Å². The van der Waals surface area contributed by atoms with Crippen molar-refractivity contribution >= 4 is 5.91 Å². The molecule has 0 aliphatic carbocycles. The zero-order chi connectivity index (χ0) is 15.5. The predicted molar refractivity (Wildman–Crippen MR) is 79.8 cm³/mol. The van der Waals surface area contributed by atoms with Gasteiger partial charge in [0.05, 0.1) is 12.7 Å². The Kier molecular flexibility index (Phi) is 4.11. The molecule has 0 saturated carbocycles. The molecule has 2 heterocycles. The number of carbonyl (C=O) groups is 1. The maximum absolute atomic E-state index is 11.9. The normalized spacial score (nSPS) is 14.3. The number of aromatic nitrogens is 1. The molecule has 2 aromatic rings. The Bertz CT molecular complexity index is 679. The molecule has 0 bridgehead atoms. The number of ether oxygens (including phenoxy) is 1. The molecule has 1 aliphatic rings. The number of hydrogen-bond donors (Lipinski definition) is 2. The highest BCUT2D eigenvalue weighted by Gasteiger charge is 2.17. The lowest BCUT2D eigenvalue weighted by Gasteiger charge is -2.04. The van der Waals surface area contributed by atoms with Crippen LogP contribution >= 0.6 is 0 Å². The molecule has 1 aliphatic heterocycles. The first-order chi connectivity index (χ1) is 10.6. The van der Waals surface area contributed by atoms with Gasteiger partial charge in [-0.05, 0) is 37.1 Å². The quantitative estimate of drug-likeness (QED) is 0.879. The Morgan fingerprint density at radius 1 is 1.45 bits per heavy atom. The van der Waals surface area contributed by atoms with E-state index in [9.17, 15) is 4.79 Å². The van der Waals surface area contributed by atoms with E-state index in [0.717, 1.165) is 23.3 Å². The first kappa shape index (κ1) is 14.6. The average molecular weight is 302 g/mol. The van der Waals surface area contributed by atoms with Crippen molar-refractivity contribution in [1.29, 1.82) is 0 Å². The number of aliphatic hydroxyl groups excluding tert-OH is 1. The van der Waals surface area contributed by atoms with Crippen LogP contribution in [-0.2, 0) is 6.42 Å². The molecule has 6 heteroatoms. The number of nitrogens with zero attached hydrogens (tertiary/aromatic N) is 1. The Balaban J connectivity index is 1.69. The van der Waals surface area contributed by atoms with Crippen LogP contribution in [0.2, 0.25) is 0 Å².